The molecule has 0 spiro atoms. The zero-order valence-corrected chi connectivity index (χ0v) is 17.2. The molecule has 0 atom stereocenters. The van der Waals surface area contributed by atoms with Gasteiger partial charge in [-0.2, -0.15) is 4.98 Å². The van der Waals surface area contributed by atoms with Crippen LogP contribution in [0.15, 0.2) is 28.9 Å². The number of pyridine rings is 1. The highest BCUT2D eigenvalue weighted by Gasteiger charge is 2.21. The van der Waals surface area contributed by atoms with Crippen molar-refractivity contribution < 1.29 is 4.74 Å². The van der Waals surface area contributed by atoms with Crippen LogP contribution in [0.1, 0.15) is 18.5 Å². The average molecular weight is 433 g/mol. The molecule has 0 amide bonds. The largest absolute Gasteiger partial charge is 0.378 e. The molecule has 0 unspecified atom stereocenters. The molecule has 144 valence electrons. The van der Waals surface area contributed by atoms with Crippen LogP contribution in [0, 0.1) is 6.92 Å². The van der Waals surface area contributed by atoms with E-state index in [1.54, 1.807) is 0 Å². The fourth-order valence-corrected chi connectivity index (χ4v) is 3.73. The van der Waals surface area contributed by atoms with Gasteiger partial charge < -0.3 is 19.9 Å². The summed E-state index contributed by atoms with van der Waals surface area (Å²) in [5.41, 5.74) is 1.03. The van der Waals surface area contributed by atoms with Gasteiger partial charge in [-0.25, -0.2) is 9.97 Å². The predicted octanol–water partition coefficient (Wildman–Crippen LogP) is 2.86. The molecule has 2 aliphatic heterocycles. The topological polar surface area (TPSA) is 66.4 Å². The molecule has 0 bridgehead atoms. The number of piperidine rings is 1. The number of morpholine rings is 1. The van der Waals surface area contributed by atoms with Crippen molar-refractivity contribution in [3.8, 4) is 0 Å². The van der Waals surface area contributed by atoms with E-state index in [-0.39, 0.29) is 0 Å². The maximum absolute atomic E-state index is 5.41. The first-order chi connectivity index (χ1) is 13.2. The molecule has 2 aromatic rings. The number of hydrogen-bond donors (Lipinski definition) is 1. The summed E-state index contributed by atoms with van der Waals surface area (Å²) >= 11 is 3.52. The summed E-state index contributed by atoms with van der Waals surface area (Å²) in [5.74, 6) is 2.75. The fourth-order valence-electron chi connectivity index (χ4n) is 3.51. The molecule has 1 N–H and O–H groups in total. The number of anilines is 3. The van der Waals surface area contributed by atoms with E-state index >= 15 is 0 Å². The van der Waals surface area contributed by atoms with E-state index in [1.807, 2.05) is 19.2 Å². The van der Waals surface area contributed by atoms with Gasteiger partial charge in [-0.1, -0.05) is 0 Å². The minimum absolute atomic E-state index is 0.422. The lowest BCUT2D eigenvalue weighted by atomic mass is 10.1. The summed E-state index contributed by atoms with van der Waals surface area (Å²) in [6.45, 7) is 7.19. The summed E-state index contributed by atoms with van der Waals surface area (Å²) in [4.78, 5) is 18.4. The number of aryl methyl sites for hydroxylation is 1. The third-order valence-electron chi connectivity index (χ3n) is 5.11. The third kappa shape index (κ3) is 4.50. The molecule has 2 aliphatic rings. The molecule has 8 heteroatoms. The highest BCUT2D eigenvalue weighted by atomic mass is 79.9. The molecule has 2 fully saturated rings. The SMILES string of the molecule is Cc1nc(N2CCC(Nc3ccnc(N4CCOCC4)n3)CC2)ccc1Br. The standard InChI is InChI=1S/C19H25BrN6O/c1-14-16(20)2-3-18(22-14)25-8-5-15(6-9-25)23-17-4-7-21-19(24-17)26-10-12-27-13-11-26/h2-4,7,15H,5-6,8-13H2,1H3,(H,21,23,24). The van der Waals surface area contributed by atoms with Crippen LogP contribution >= 0.6 is 15.9 Å². The lowest BCUT2D eigenvalue weighted by Gasteiger charge is -2.33. The van der Waals surface area contributed by atoms with E-state index in [0.717, 1.165) is 80.0 Å². The maximum Gasteiger partial charge on any atom is 0.227 e. The van der Waals surface area contributed by atoms with E-state index < -0.39 is 0 Å². The quantitative estimate of drug-likeness (QED) is 0.796. The van der Waals surface area contributed by atoms with Crippen LogP contribution in [-0.4, -0.2) is 60.4 Å². The molecular formula is C19H25BrN6O. The molecule has 0 aromatic carbocycles. The monoisotopic (exact) mass is 432 g/mol. The Hall–Kier alpha value is -1.93. The summed E-state index contributed by atoms with van der Waals surface area (Å²) in [6.07, 6.45) is 3.96. The smallest absolute Gasteiger partial charge is 0.227 e. The van der Waals surface area contributed by atoms with Gasteiger partial charge in [0.25, 0.3) is 0 Å². The van der Waals surface area contributed by atoms with Crippen LogP contribution in [-0.2, 0) is 4.74 Å². The number of nitrogens with one attached hydrogen (secondary N) is 1. The molecule has 0 radical (unpaired) electrons. The van der Waals surface area contributed by atoms with E-state index in [9.17, 15) is 0 Å². The first-order valence-corrected chi connectivity index (χ1v) is 10.3. The Morgan fingerprint density at radius 1 is 1.04 bits per heavy atom. The van der Waals surface area contributed by atoms with Crippen LogP contribution in [0.3, 0.4) is 0 Å². The third-order valence-corrected chi connectivity index (χ3v) is 5.95. The second kappa shape index (κ2) is 8.39. The summed E-state index contributed by atoms with van der Waals surface area (Å²) in [5, 5.41) is 3.59. The van der Waals surface area contributed by atoms with Gasteiger partial charge in [0.1, 0.15) is 11.6 Å². The van der Waals surface area contributed by atoms with Gasteiger partial charge >= 0.3 is 0 Å². The number of aromatic nitrogens is 3. The molecule has 2 saturated heterocycles. The highest BCUT2D eigenvalue weighted by molar-refractivity contribution is 9.10. The first kappa shape index (κ1) is 18.4. The van der Waals surface area contributed by atoms with Crippen LogP contribution in [0.25, 0.3) is 0 Å². The second-order valence-electron chi connectivity index (χ2n) is 6.98. The molecule has 4 rings (SSSR count). The number of hydrogen-bond acceptors (Lipinski definition) is 7. The maximum atomic E-state index is 5.41. The average Bonchev–Trinajstić information content (AvgIpc) is 2.72. The molecular weight excluding hydrogens is 408 g/mol. The van der Waals surface area contributed by atoms with Crippen molar-refractivity contribution >= 4 is 33.5 Å². The minimum atomic E-state index is 0.422. The van der Waals surface area contributed by atoms with Crippen molar-refractivity contribution in [1.82, 2.24) is 15.0 Å². The Balaban J connectivity index is 1.34. The van der Waals surface area contributed by atoms with Crippen molar-refractivity contribution in [1.29, 1.82) is 0 Å². The number of halogens is 1. The Morgan fingerprint density at radius 2 is 1.81 bits per heavy atom. The fraction of sp³-hybridized carbons (Fsp3) is 0.526. The Bertz CT molecular complexity index is 775. The van der Waals surface area contributed by atoms with Crippen LogP contribution in [0.5, 0.6) is 0 Å². The van der Waals surface area contributed by atoms with Crippen molar-refractivity contribution in [3.05, 3.63) is 34.6 Å². The van der Waals surface area contributed by atoms with Gasteiger partial charge in [0.15, 0.2) is 0 Å². The van der Waals surface area contributed by atoms with Gasteiger partial charge in [-0.05, 0) is 53.9 Å². The highest BCUT2D eigenvalue weighted by Crippen LogP contribution is 2.23. The van der Waals surface area contributed by atoms with Crippen LogP contribution < -0.4 is 15.1 Å². The molecule has 0 aliphatic carbocycles. The van der Waals surface area contributed by atoms with Gasteiger partial charge in [-0.15, -0.1) is 0 Å². The first-order valence-electron chi connectivity index (χ1n) is 9.49. The molecule has 0 saturated carbocycles. The Morgan fingerprint density at radius 3 is 2.56 bits per heavy atom. The zero-order valence-electron chi connectivity index (χ0n) is 15.6. The minimum Gasteiger partial charge on any atom is -0.378 e. The van der Waals surface area contributed by atoms with E-state index in [4.69, 9.17) is 14.7 Å². The number of rotatable bonds is 4. The van der Waals surface area contributed by atoms with E-state index in [2.05, 4.69) is 48.2 Å². The lowest BCUT2D eigenvalue weighted by molar-refractivity contribution is 0.122. The molecule has 2 aromatic heterocycles. The van der Waals surface area contributed by atoms with Gasteiger partial charge in [-0.3, -0.25) is 0 Å². The molecule has 4 heterocycles. The molecule has 7 nitrogen and oxygen atoms in total. The second-order valence-corrected chi connectivity index (χ2v) is 7.84. The van der Waals surface area contributed by atoms with Crippen molar-refractivity contribution in [3.63, 3.8) is 0 Å². The normalized spacial score (nSPS) is 18.6. The van der Waals surface area contributed by atoms with Gasteiger partial charge in [0, 0.05) is 42.9 Å². The molecule has 27 heavy (non-hydrogen) atoms. The summed E-state index contributed by atoms with van der Waals surface area (Å²) in [6, 6.07) is 6.54. The van der Waals surface area contributed by atoms with Crippen molar-refractivity contribution in [2.45, 2.75) is 25.8 Å². The van der Waals surface area contributed by atoms with Gasteiger partial charge in [0.2, 0.25) is 5.95 Å². The van der Waals surface area contributed by atoms with E-state index in [0.29, 0.717) is 6.04 Å². The Labute approximate surface area is 168 Å². The van der Waals surface area contributed by atoms with Crippen molar-refractivity contribution in [2.75, 3.05) is 54.5 Å². The predicted molar refractivity (Wildman–Crippen MR) is 111 cm³/mol. The summed E-state index contributed by atoms with van der Waals surface area (Å²) in [7, 11) is 0. The van der Waals surface area contributed by atoms with Crippen LogP contribution in [0.4, 0.5) is 17.6 Å². The Kier molecular flexibility index (Phi) is 5.73. The van der Waals surface area contributed by atoms with Crippen molar-refractivity contribution in [2.24, 2.45) is 0 Å². The number of nitrogens with zero attached hydrogens (tertiary/aromatic N) is 5. The van der Waals surface area contributed by atoms with Crippen LogP contribution in [0.2, 0.25) is 0 Å². The van der Waals surface area contributed by atoms with Gasteiger partial charge in [0.05, 0.1) is 18.9 Å². The summed E-state index contributed by atoms with van der Waals surface area (Å²) < 4.78 is 6.47. The number of ether oxygens (including phenoxy) is 1. The zero-order chi connectivity index (χ0) is 18.6. The van der Waals surface area contributed by atoms with E-state index in [1.165, 1.54) is 0 Å². The lowest BCUT2D eigenvalue weighted by Crippen LogP contribution is -2.40.